The summed E-state index contributed by atoms with van der Waals surface area (Å²) >= 11 is 0. The summed E-state index contributed by atoms with van der Waals surface area (Å²) < 4.78 is 5.14. The van der Waals surface area contributed by atoms with E-state index < -0.39 is 0 Å². The summed E-state index contributed by atoms with van der Waals surface area (Å²) in [5.41, 5.74) is 2.43. The first-order valence-corrected chi connectivity index (χ1v) is 6.43. The molecule has 0 spiro atoms. The van der Waals surface area contributed by atoms with Crippen molar-refractivity contribution in [2.45, 2.75) is 0 Å². The molecule has 0 saturated carbocycles. The molecule has 104 valence electrons. The van der Waals surface area contributed by atoms with Crippen LogP contribution in [-0.4, -0.2) is 23.0 Å². The molecule has 0 fully saturated rings. The molecule has 0 aliphatic heterocycles. The van der Waals surface area contributed by atoms with E-state index in [0.29, 0.717) is 28.0 Å². The van der Waals surface area contributed by atoms with Crippen LogP contribution in [-0.2, 0) is 0 Å². The van der Waals surface area contributed by atoms with Gasteiger partial charge in [0.1, 0.15) is 11.3 Å². The second-order valence-electron chi connectivity index (χ2n) is 4.42. The number of amides is 1. The molecular weight excluding hydrogens is 266 g/mol. The van der Waals surface area contributed by atoms with Crippen LogP contribution in [0.3, 0.4) is 0 Å². The number of aromatic nitrogens is 2. The standard InChI is InChI=1S/C16H13N3O2/c1-21-12-5-2-4-11(10-12)19-16(20)13-6-3-7-14-15(13)18-9-8-17-14/h2-10H,1H3,(H,19,20). The molecule has 1 aromatic heterocycles. The fourth-order valence-electron chi connectivity index (χ4n) is 2.08. The molecule has 0 atom stereocenters. The van der Waals surface area contributed by atoms with Crippen LogP contribution < -0.4 is 10.1 Å². The van der Waals surface area contributed by atoms with Gasteiger partial charge in [-0.15, -0.1) is 0 Å². The average Bonchev–Trinajstić information content (AvgIpc) is 2.54. The summed E-state index contributed by atoms with van der Waals surface area (Å²) in [6, 6.07) is 12.5. The third-order valence-corrected chi connectivity index (χ3v) is 3.07. The number of ether oxygens (including phenoxy) is 1. The Kier molecular flexibility index (Phi) is 3.47. The highest BCUT2D eigenvalue weighted by atomic mass is 16.5. The number of para-hydroxylation sites is 1. The largest absolute Gasteiger partial charge is 0.497 e. The predicted molar refractivity (Wildman–Crippen MR) is 80.5 cm³/mol. The van der Waals surface area contributed by atoms with Crippen molar-refractivity contribution in [1.82, 2.24) is 9.97 Å². The van der Waals surface area contributed by atoms with E-state index in [1.165, 1.54) is 0 Å². The van der Waals surface area contributed by atoms with Gasteiger partial charge in [0.05, 0.1) is 18.2 Å². The van der Waals surface area contributed by atoms with Gasteiger partial charge >= 0.3 is 0 Å². The van der Waals surface area contributed by atoms with Gasteiger partial charge in [-0.1, -0.05) is 12.1 Å². The van der Waals surface area contributed by atoms with E-state index in [1.807, 2.05) is 18.2 Å². The number of nitrogens with zero attached hydrogens (tertiary/aromatic N) is 2. The van der Waals surface area contributed by atoms with Crippen LogP contribution in [0, 0.1) is 0 Å². The van der Waals surface area contributed by atoms with Gasteiger partial charge in [0, 0.05) is 24.1 Å². The molecule has 0 unspecified atom stereocenters. The first-order chi connectivity index (χ1) is 10.3. The van der Waals surface area contributed by atoms with Crippen LogP contribution in [0.5, 0.6) is 5.75 Å². The monoisotopic (exact) mass is 279 g/mol. The van der Waals surface area contributed by atoms with E-state index in [9.17, 15) is 4.79 Å². The minimum Gasteiger partial charge on any atom is -0.497 e. The maximum absolute atomic E-state index is 12.4. The molecule has 1 amide bonds. The third-order valence-electron chi connectivity index (χ3n) is 3.07. The Labute approximate surface area is 121 Å². The molecule has 5 nitrogen and oxygen atoms in total. The van der Waals surface area contributed by atoms with Gasteiger partial charge in [0.2, 0.25) is 0 Å². The lowest BCUT2D eigenvalue weighted by atomic mass is 10.1. The minimum atomic E-state index is -0.227. The van der Waals surface area contributed by atoms with Crippen molar-refractivity contribution in [3.8, 4) is 5.75 Å². The lowest BCUT2D eigenvalue weighted by molar-refractivity contribution is 0.102. The molecule has 5 heteroatoms. The van der Waals surface area contributed by atoms with Gasteiger partial charge < -0.3 is 10.1 Å². The van der Waals surface area contributed by atoms with Gasteiger partial charge in [-0.25, -0.2) is 0 Å². The second-order valence-corrected chi connectivity index (χ2v) is 4.42. The zero-order valence-electron chi connectivity index (χ0n) is 11.4. The van der Waals surface area contributed by atoms with Gasteiger partial charge in [-0.2, -0.15) is 0 Å². The third kappa shape index (κ3) is 2.67. The zero-order valence-corrected chi connectivity index (χ0v) is 11.4. The predicted octanol–water partition coefficient (Wildman–Crippen LogP) is 2.89. The number of carbonyl (C=O) groups is 1. The lowest BCUT2D eigenvalue weighted by Crippen LogP contribution is -2.13. The lowest BCUT2D eigenvalue weighted by Gasteiger charge is -2.08. The topological polar surface area (TPSA) is 64.1 Å². The quantitative estimate of drug-likeness (QED) is 0.800. The number of anilines is 1. The van der Waals surface area contributed by atoms with E-state index in [1.54, 1.807) is 43.8 Å². The van der Waals surface area contributed by atoms with Crippen molar-refractivity contribution >= 4 is 22.6 Å². The van der Waals surface area contributed by atoms with Gasteiger partial charge in [-0.05, 0) is 24.3 Å². The molecular formula is C16H13N3O2. The number of nitrogens with one attached hydrogen (secondary N) is 1. The molecule has 0 saturated heterocycles. The summed E-state index contributed by atoms with van der Waals surface area (Å²) in [7, 11) is 1.58. The average molecular weight is 279 g/mol. The molecule has 1 heterocycles. The highest BCUT2D eigenvalue weighted by Crippen LogP contribution is 2.19. The van der Waals surface area contributed by atoms with E-state index in [2.05, 4.69) is 15.3 Å². The number of methoxy groups -OCH3 is 1. The second kappa shape index (κ2) is 5.58. The number of hydrogen-bond donors (Lipinski definition) is 1. The van der Waals surface area contributed by atoms with Gasteiger partial charge in [-0.3, -0.25) is 14.8 Å². The van der Waals surface area contributed by atoms with Crippen molar-refractivity contribution in [2.24, 2.45) is 0 Å². The summed E-state index contributed by atoms with van der Waals surface area (Å²) in [5, 5.41) is 2.84. The summed E-state index contributed by atoms with van der Waals surface area (Å²) in [4.78, 5) is 20.8. The summed E-state index contributed by atoms with van der Waals surface area (Å²) in [5.74, 6) is 0.458. The Balaban J connectivity index is 1.93. The van der Waals surface area contributed by atoms with Gasteiger partial charge in [0.25, 0.3) is 5.91 Å². The number of hydrogen-bond acceptors (Lipinski definition) is 4. The molecule has 2 aromatic carbocycles. The molecule has 21 heavy (non-hydrogen) atoms. The maximum Gasteiger partial charge on any atom is 0.257 e. The highest BCUT2D eigenvalue weighted by molar-refractivity contribution is 6.11. The van der Waals surface area contributed by atoms with Crippen LogP contribution in [0.1, 0.15) is 10.4 Å². The molecule has 3 aromatic rings. The summed E-state index contributed by atoms with van der Waals surface area (Å²) in [6.45, 7) is 0. The Morgan fingerprint density at radius 2 is 1.90 bits per heavy atom. The molecule has 3 rings (SSSR count). The molecule has 0 bridgehead atoms. The molecule has 1 N–H and O–H groups in total. The minimum absolute atomic E-state index is 0.227. The Morgan fingerprint density at radius 1 is 1.10 bits per heavy atom. The van der Waals surface area contributed by atoms with Crippen molar-refractivity contribution in [3.05, 3.63) is 60.4 Å². The number of benzene rings is 2. The van der Waals surface area contributed by atoms with Crippen molar-refractivity contribution < 1.29 is 9.53 Å². The SMILES string of the molecule is COc1cccc(NC(=O)c2cccc3nccnc23)c1. The van der Waals surface area contributed by atoms with Crippen LogP contribution in [0.2, 0.25) is 0 Å². The first kappa shape index (κ1) is 13.1. The van der Waals surface area contributed by atoms with E-state index in [0.717, 1.165) is 0 Å². The molecule has 0 aliphatic carbocycles. The fraction of sp³-hybridized carbons (Fsp3) is 0.0625. The van der Waals surface area contributed by atoms with Crippen LogP contribution in [0.4, 0.5) is 5.69 Å². The number of carbonyl (C=O) groups excluding carboxylic acids is 1. The Bertz CT molecular complexity index is 797. The van der Waals surface area contributed by atoms with E-state index >= 15 is 0 Å². The Morgan fingerprint density at radius 3 is 2.76 bits per heavy atom. The number of rotatable bonds is 3. The Hall–Kier alpha value is -2.95. The number of fused-ring (bicyclic) bond motifs is 1. The maximum atomic E-state index is 12.4. The van der Waals surface area contributed by atoms with Crippen molar-refractivity contribution in [1.29, 1.82) is 0 Å². The molecule has 0 aliphatic rings. The van der Waals surface area contributed by atoms with Gasteiger partial charge in [0.15, 0.2) is 0 Å². The molecule has 0 radical (unpaired) electrons. The first-order valence-electron chi connectivity index (χ1n) is 6.43. The smallest absolute Gasteiger partial charge is 0.257 e. The van der Waals surface area contributed by atoms with Crippen LogP contribution in [0.15, 0.2) is 54.9 Å². The van der Waals surface area contributed by atoms with Crippen LogP contribution >= 0.6 is 0 Å². The van der Waals surface area contributed by atoms with Crippen molar-refractivity contribution in [3.63, 3.8) is 0 Å². The summed E-state index contributed by atoms with van der Waals surface area (Å²) in [6.07, 6.45) is 3.18. The fourth-order valence-corrected chi connectivity index (χ4v) is 2.08. The normalized spacial score (nSPS) is 10.3. The van der Waals surface area contributed by atoms with E-state index in [4.69, 9.17) is 4.74 Å². The van der Waals surface area contributed by atoms with Crippen molar-refractivity contribution in [2.75, 3.05) is 12.4 Å². The van der Waals surface area contributed by atoms with E-state index in [-0.39, 0.29) is 5.91 Å². The highest BCUT2D eigenvalue weighted by Gasteiger charge is 2.11. The zero-order chi connectivity index (χ0) is 14.7. The van der Waals surface area contributed by atoms with Crippen LogP contribution in [0.25, 0.3) is 11.0 Å².